The summed E-state index contributed by atoms with van der Waals surface area (Å²) in [5.74, 6) is 0. The molecule has 7 nitrogen and oxygen atoms in total. The van der Waals surface area contributed by atoms with Crippen LogP contribution in [0.15, 0.2) is 63.0 Å². The van der Waals surface area contributed by atoms with Gasteiger partial charge in [-0.15, -0.1) is 0 Å². The number of benzene rings is 2. The SMILES string of the molecule is O=c1[nH]c(=O)n(-c2ccccc2)c2cc(S(=O)(=O)O)ccc12. The Bertz CT molecular complexity index is 1080. The zero-order valence-electron chi connectivity index (χ0n) is 11.1. The first-order valence-corrected chi connectivity index (χ1v) is 7.64. The van der Waals surface area contributed by atoms with Crippen LogP contribution in [0.2, 0.25) is 0 Å². The van der Waals surface area contributed by atoms with Gasteiger partial charge in [0.2, 0.25) is 0 Å². The van der Waals surface area contributed by atoms with Crippen LogP contribution in [-0.4, -0.2) is 22.5 Å². The molecule has 112 valence electrons. The Hall–Kier alpha value is -2.71. The van der Waals surface area contributed by atoms with Gasteiger partial charge in [-0.3, -0.25) is 18.9 Å². The van der Waals surface area contributed by atoms with Crippen molar-refractivity contribution in [3.63, 3.8) is 0 Å². The molecule has 1 heterocycles. The molecule has 0 saturated carbocycles. The predicted molar refractivity (Wildman–Crippen MR) is 80.0 cm³/mol. The van der Waals surface area contributed by atoms with E-state index in [0.29, 0.717) is 5.69 Å². The Morgan fingerprint density at radius 3 is 2.32 bits per heavy atom. The molecular formula is C14H10N2O5S. The molecule has 0 atom stereocenters. The molecule has 0 amide bonds. The van der Waals surface area contributed by atoms with Crippen molar-refractivity contribution in [3.8, 4) is 5.69 Å². The molecule has 0 aliphatic carbocycles. The molecule has 3 rings (SSSR count). The second kappa shape index (κ2) is 4.93. The smallest absolute Gasteiger partial charge is 0.282 e. The minimum Gasteiger partial charge on any atom is -0.282 e. The average Bonchev–Trinajstić information content (AvgIpc) is 2.47. The van der Waals surface area contributed by atoms with Gasteiger partial charge in [0, 0.05) is 0 Å². The zero-order valence-corrected chi connectivity index (χ0v) is 11.9. The number of H-pyrrole nitrogens is 1. The number of fused-ring (bicyclic) bond motifs is 1. The van der Waals surface area contributed by atoms with Crippen LogP contribution in [0.1, 0.15) is 0 Å². The second-order valence-corrected chi connectivity index (χ2v) is 6.01. The van der Waals surface area contributed by atoms with Crippen LogP contribution in [-0.2, 0) is 10.1 Å². The van der Waals surface area contributed by atoms with E-state index in [1.54, 1.807) is 30.3 Å². The number of hydrogen-bond acceptors (Lipinski definition) is 4. The Balaban J connectivity index is 2.51. The zero-order chi connectivity index (χ0) is 15.9. The Kier molecular flexibility index (Phi) is 3.19. The van der Waals surface area contributed by atoms with Crippen LogP contribution >= 0.6 is 0 Å². The summed E-state index contributed by atoms with van der Waals surface area (Å²) in [4.78, 5) is 25.8. The number of aromatic amines is 1. The third-order valence-corrected chi connectivity index (χ3v) is 4.04. The van der Waals surface area contributed by atoms with E-state index in [0.717, 1.165) is 12.1 Å². The Morgan fingerprint density at radius 2 is 1.68 bits per heavy atom. The largest absolute Gasteiger partial charge is 0.333 e. The lowest BCUT2D eigenvalue weighted by molar-refractivity contribution is 0.483. The maximum absolute atomic E-state index is 12.1. The summed E-state index contributed by atoms with van der Waals surface area (Å²) in [7, 11) is -4.45. The maximum Gasteiger partial charge on any atom is 0.333 e. The molecule has 2 aromatic carbocycles. The van der Waals surface area contributed by atoms with Gasteiger partial charge >= 0.3 is 5.69 Å². The highest BCUT2D eigenvalue weighted by Crippen LogP contribution is 2.18. The first-order valence-electron chi connectivity index (χ1n) is 6.20. The van der Waals surface area contributed by atoms with Gasteiger partial charge in [0.25, 0.3) is 15.7 Å². The highest BCUT2D eigenvalue weighted by molar-refractivity contribution is 7.85. The summed E-state index contributed by atoms with van der Waals surface area (Å²) in [6, 6.07) is 11.9. The van der Waals surface area contributed by atoms with Gasteiger partial charge in [-0.25, -0.2) is 4.79 Å². The summed E-state index contributed by atoms with van der Waals surface area (Å²) >= 11 is 0. The number of hydrogen-bond donors (Lipinski definition) is 2. The molecule has 22 heavy (non-hydrogen) atoms. The van der Waals surface area contributed by atoms with Crippen molar-refractivity contribution < 1.29 is 13.0 Å². The standard InChI is InChI=1S/C14H10N2O5S/c17-13-11-7-6-10(22(19,20)21)8-12(11)16(14(18)15-13)9-4-2-1-3-5-9/h1-8H,(H,15,17,18)(H,19,20,21). The lowest BCUT2D eigenvalue weighted by Gasteiger charge is -2.10. The monoisotopic (exact) mass is 318 g/mol. The topological polar surface area (TPSA) is 109 Å². The fourth-order valence-electron chi connectivity index (χ4n) is 2.21. The molecule has 0 saturated heterocycles. The van der Waals surface area contributed by atoms with Gasteiger partial charge in [-0.1, -0.05) is 18.2 Å². The van der Waals surface area contributed by atoms with E-state index in [9.17, 15) is 18.0 Å². The van der Waals surface area contributed by atoms with Crippen LogP contribution in [0.4, 0.5) is 0 Å². The van der Waals surface area contributed by atoms with Crippen LogP contribution in [0.25, 0.3) is 16.6 Å². The first kappa shape index (κ1) is 14.2. The van der Waals surface area contributed by atoms with Crippen molar-refractivity contribution in [2.45, 2.75) is 4.90 Å². The van der Waals surface area contributed by atoms with E-state index < -0.39 is 26.3 Å². The third kappa shape index (κ3) is 2.34. The molecule has 0 aliphatic heterocycles. The normalized spacial score (nSPS) is 11.7. The lowest BCUT2D eigenvalue weighted by Crippen LogP contribution is -2.29. The van der Waals surface area contributed by atoms with Crippen LogP contribution in [0.5, 0.6) is 0 Å². The quantitative estimate of drug-likeness (QED) is 0.683. The van der Waals surface area contributed by atoms with Crippen molar-refractivity contribution in [1.29, 1.82) is 0 Å². The minimum absolute atomic E-state index is 0.0927. The van der Waals surface area contributed by atoms with Crippen molar-refractivity contribution in [2.24, 2.45) is 0 Å². The highest BCUT2D eigenvalue weighted by Gasteiger charge is 2.15. The first-order chi connectivity index (χ1) is 10.4. The Labute approximate surface area is 124 Å². The molecule has 3 aromatic rings. The van der Waals surface area contributed by atoms with Gasteiger partial charge in [0.15, 0.2) is 0 Å². The summed E-state index contributed by atoms with van der Waals surface area (Å²) < 4.78 is 32.9. The van der Waals surface area contributed by atoms with Crippen LogP contribution in [0.3, 0.4) is 0 Å². The number of aromatic nitrogens is 2. The summed E-state index contributed by atoms with van der Waals surface area (Å²) in [5, 5.41) is 0.135. The van der Waals surface area contributed by atoms with E-state index in [1.807, 2.05) is 0 Å². The van der Waals surface area contributed by atoms with E-state index in [2.05, 4.69) is 4.98 Å². The molecule has 0 unspecified atom stereocenters. The second-order valence-electron chi connectivity index (χ2n) is 4.58. The molecule has 8 heteroatoms. The lowest BCUT2D eigenvalue weighted by atomic mass is 10.2. The molecule has 0 fully saturated rings. The highest BCUT2D eigenvalue weighted by atomic mass is 32.2. The van der Waals surface area contributed by atoms with E-state index in [-0.39, 0.29) is 10.9 Å². The Morgan fingerprint density at radius 1 is 1.00 bits per heavy atom. The fourth-order valence-corrected chi connectivity index (χ4v) is 2.71. The van der Waals surface area contributed by atoms with Crippen molar-refractivity contribution >= 4 is 21.0 Å². The maximum atomic E-state index is 12.1. The summed E-state index contributed by atoms with van der Waals surface area (Å²) in [6.45, 7) is 0. The molecule has 0 aliphatic rings. The van der Waals surface area contributed by atoms with Crippen molar-refractivity contribution in [1.82, 2.24) is 9.55 Å². The van der Waals surface area contributed by atoms with Gasteiger partial charge in [-0.05, 0) is 30.3 Å². The number of para-hydroxylation sites is 1. The molecule has 0 spiro atoms. The molecule has 0 bridgehead atoms. The van der Waals surface area contributed by atoms with Gasteiger partial charge in [0.1, 0.15) is 0 Å². The van der Waals surface area contributed by atoms with Gasteiger partial charge < -0.3 is 0 Å². The summed E-state index contributed by atoms with van der Waals surface area (Å²) in [5.41, 5.74) is -0.776. The number of nitrogens with zero attached hydrogens (tertiary/aromatic N) is 1. The van der Waals surface area contributed by atoms with Gasteiger partial charge in [-0.2, -0.15) is 8.42 Å². The molecule has 1 aromatic heterocycles. The predicted octanol–water partition coefficient (Wildman–Crippen LogP) is 0.926. The van der Waals surface area contributed by atoms with E-state index in [4.69, 9.17) is 4.55 Å². The van der Waals surface area contributed by atoms with Gasteiger partial charge in [0.05, 0.1) is 21.5 Å². The average molecular weight is 318 g/mol. The fraction of sp³-hybridized carbons (Fsp3) is 0. The number of rotatable bonds is 2. The van der Waals surface area contributed by atoms with Crippen molar-refractivity contribution in [2.75, 3.05) is 0 Å². The van der Waals surface area contributed by atoms with E-state index in [1.165, 1.54) is 10.6 Å². The molecule has 0 radical (unpaired) electrons. The molecule has 2 N–H and O–H groups in total. The number of nitrogens with one attached hydrogen (secondary N) is 1. The van der Waals surface area contributed by atoms with Crippen LogP contribution in [0, 0.1) is 0 Å². The summed E-state index contributed by atoms with van der Waals surface area (Å²) in [6.07, 6.45) is 0. The minimum atomic E-state index is -4.45. The van der Waals surface area contributed by atoms with Crippen molar-refractivity contribution in [3.05, 3.63) is 69.4 Å². The molecular weight excluding hydrogens is 308 g/mol. The van der Waals surface area contributed by atoms with E-state index >= 15 is 0 Å². The third-order valence-electron chi connectivity index (χ3n) is 3.19. The van der Waals surface area contributed by atoms with Crippen LogP contribution < -0.4 is 11.2 Å².